The smallest absolute Gasteiger partial charge is 0.322 e. The highest BCUT2D eigenvalue weighted by Crippen LogP contribution is 2.37. The van der Waals surface area contributed by atoms with Crippen molar-refractivity contribution in [3.8, 4) is 5.69 Å². The number of hydrogen-bond donors (Lipinski definition) is 1. The molecular weight excluding hydrogens is 470 g/mol. The van der Waals surface area contributed by atoms with Crippen LogP contribution in [0, 0.1) is 6.92 Å². The van der Waals surface area contributed by atoms with E-state index in [2.05, 4.69) is 49.5 Å². The zero-order chi connectivity index (χ0) is 25.9. The fourth-order valence-electron chi connectivity index (χ4n) is 4.18. The summed E-state index contributed by atoms with van der Waals surface area (Å²) in [4.78, 5) is 15.1. The number of nitrogens with zero attached hydrogens (tertiary/aromatic N) is 4. The molecular formula is C27H39N5O3Si. The Balaban J connectivity index is 1.39. The lowest BCUT2D eigenvalue weighted by molar-refractivity contribution is 0.178. The number of anilines is 1. The van der Waals surface area contributed by atoms with Crippen molar-refractivity contribution >= 4 is 20.0 Å². The molecule has 1 aliphatic carbocycles. The Hall–Kier alpha value is -2.91. The van der Waals surface area contributed by atoms with Crippen LogP contribution in [-0.2, 0) is 17.6 Å². The minimum Gasteiger partial charge on any atom is -0.464 e. The molecule has 0 radical (unpaired) electrons. The molecule has 36 heavy (non-hydrogen) atoms. The van der Waals surface area contributed by atoms with Gasteiger partial charge in [-0.3, -0.25) is 0 Å². The third-order valence-corrected chi connectivity index (χ3v) is 11.9. The lowest BCUT2D eigenvalue weighted by Gasteiger charge is -2.35. The van der Waals surface area contributed by atoms with Gasteiger partial charge in [0, 0.05) is 11.7 Å². The topological polar surface area (TPSA) is 85.4 Å². The van der Waals surface area contributed by atoms with Crippen LogP contribution in [0.3, 0.4) is 0 Å². The number of hydrogen-bond acceptors (Lipinski definition) is 5. The van der Waals surface area contributed by atoms with E-state index in [1.54, 1.807) is 4.68 Å². The molecule has 2 heterocycles. The molecule has 0 atom stereocenters. The van der Waals surface area contributed by atoms with E-state index < -0.39 is 8.32 Å². The van der Waals surface area contributed by atoms with Crippen molar-refractivity contribution in [3.63, 3.8) is 0 Å². The standard InChI is InChI=1S/C27H39N5O3Si/c1-20-11-16-25(35-20)18-31(23-9-7-8-10-23)26(33)28-21-12-14-24(15-13-21)32-17-22(29-30-32)19-34-36(5,6)27(2,3)4/h11-17,23H,7-10,18-19H2,1-6H3,(H,28,33). The maximum atomic E-state index is 13.2. The predicted octanol–water partition coefficient (Wildman–Crippen LogP) is 6.67. The number of urea groups is 1. The number of carbonyl (C=O) groups is 1. The number of aromatic nitrogens is 3. The maximum absolute atomic E-state index is 13.2. The molecule has 2 aromatic heterocycles. The molecule has 0 unspecified atom stereocenters. The molecule has 0 bridgehead atoms. The summed E-state index contributed by atoms with van der Waals surface area (Å²) in [6, 6.07) is 11.7. The second-order valence-corrected chi connectivity index (χ2v) is 16.1. The second kappa shape index (κ2) is 10.6. The van der Waals surface area contributed by atoms with Crippen molar-refractivity contribution in [1.82, 2.24) is 19.9 Å². The summed E-state index contributed by atoms with van der Waals surface area (Å²) in [5.74, 6) is 1.67. The SMILES string of the molecule is Cc1ccc(CN(C(=O)Nc2ccc(-n3cc(CO[Si](C)(C)C(C)(C)C)nn3)cc2)C2CCCC2)o1. The highest BCUT2D eigenvalue weighted by atomic mass is 28.4. The molecule has 0 aliphatic heterocycles. The van der Waals surface area contributed by atoms with Crippen molar-refractivity contribution in [2.75, 3.05) is 5.32 Å². The van der Waals surface area contributed by atoms with Crippen LogP contribution in [0.25, 0.3) is 5.69 Å². The molecule has 0 spiro atoms. The largest absolute Gasteiger partial charge is 0.464 e. The van der Waals surface area contributed by atoms with Crippen LogP contribution in [0.4, 0.5) is 10.5 Å². The van der Waals surface area contributed by atoms with Gasteiger partial charge in [-0.2, -0.15) is 0 Å². The molecule has 2 amide bonds. The molecule has 1 saturated carbocycles. The summed E-state index contributed by atoms with van der Waals surface area (Å²) < 4.78 is 13.7. The van der Waals surface area contributed by atoms with Gasteiger partial charge in [0.2, 0.25) is 0 Å². The minimum atomic E-state index is -1.85. The molecule has 9 heteroatoms. The highest BCUT2D eigenvalue weighted by molar-refractivity contribution is 6.74. The fourth-order valence-corrected chi connectivity index (χ4v) is 5.12. The van der Waals surface area contributed by atoms with Gasteiger partial charge in [0.25, 0.3) is 0 Å². The summed E-state index contributed by atoms with van der Waals surface area (Å²) >= 11 is 0. The summed E-state index contributed by atoms with van der Waals surface area (Å²) in [5, 5.41) is 11.8. The van der Waals surface area contributed by atoms with E-state index in [1.807, 2.05) is 54.4 Å². The quantitative estimate of drug-likeness (QED) is 0.343. The first kappa shape index (κ1) is 26.2. The van der Waals surface area contributed by atoms with Crippen molar-refractivity contribution < 1.29 is 13.6 Å². The van der Waals surface area contributed by atoms with E-state index in [4.69, 9.17) is 8.84 Å². The molecule has 1 fully saturated rings. The summed E-state index contributed by atoms with van der Waals surface area (Å²) in [6.07, 6.45) is 6.26. The normalized spacial score (nSPS) is 14.8. The first-order valence-electron chi connectivity index (χ1n) is 12.8. The number of carbonyl (C=O) groups excluding carboxylic acids is 1. The molecule has 4 rings (SSSR count). The van der Waals surface area contributed by atoms with Crippen molar-refractivity contribution in [2.45, 2.75) is 90.7 Å². The van der Waals surface area contributed by atoms with Crippen molar-refractivity contribution in [2.24, 2.45) is 0 Å². The maximum Gasteiger partial charge on any atom is 0.322 e. The average molecular weight is 510 g/mol. The Labute approximate surface area is 215 Å². The Morgan fingerprint density at radius 3 is 2.47 bits per heavy atom. The lowest BCUT2D eigenvalue weighted by Crippen LogP contribution is -2.41. The zero-order valence-electron chi connectivity index (χ0n) is 22.4. The summed E-state index contributed by atoms with van der Waals surface area (Å²) in [5.41, 5.74) is 2.42. The summed E-state index contributed by atoms with van der Waals surface area (Å²) in [7, 11) is -1.85. The van der Waals surface area contributed by atoms with Crippen LogP contribution in [0.5, 0.6) is 0 Å². The van der Waals surface area contributed by atoms with Gasteiger partial charge < -0.3 is 19.1 Å². The molecule has 1 aliphatic rings. The van der Waals surface area contributed by atoms with Gasteiger partial charge in [0.1, 0.15) is 17.2 Å². The van der Waals surface area contributed by atoms with Gasteiger partial charge in [-0.05, 0) is 74.3 Å². The van der Waals surface area contributed by atoms with Gasteiger partial charge >= 0.3 is 6.03 Å². The van der Waals surface area contributed by atoms with Gasteiger partial charge in [-0.1, -0.05) is 38.8 Å². The number of benzene rings is 1. The van der Waals surface area contributed by atoms with Gasteiger partial charge in [-0.15, -0.1) is 5.10 Å². The number of rotatable bonds is 8. The molecule has 0 saturated heterocycles. The predicted molar refractivity (Wildman–Crippen MR) is 144 cm³/mol. The Morgan fingerprint density at radius 2 is 1.86 bits per heavy atom. The Bertz CT molecular complexity index is 1160. The Morgan fingerprint density at radius 1 is 1.17 bits per heavy atom. The average Bonchev–Trinajstić information content (AvgIpc) is 3.58. The van der Waals surface area contributed by atoms with E-state index in [1.165, 1.54) is 0 Å². The third kappa shape index (κ3) is 6.25. The van der Waals surface area contributed by atoms with Crippen LogP contribution < -0.4 is 5.32 Å². The molecule has 8 nitrogen and oxygen atoms in total. The first-order valence-corrected chi connectivity index (χ1v) is 15.7. The monoisotopic (exact) mass is 509 g/mol. The first-order chi connectivity index (χ1) is 17.0. The minimum absolute atomic E-state index is 0.102. The van der Waals surface area contributed by atoms with Gasteiger partial charge in [0.05, 0.1) is 25.0 Å². The summed E-state index contributed by atoms with van der Waals surface area (Å²) in [6.45, 7) is 14.0. The van der Waals surface area contributed by atoms with Crippen molar-refractivity contribution in [3.05, 3.63) is 59.8 Å². The van der Waals surface area contributed by atoms with E-state index >= 15 is 0 Å². The van der Waals surface area contributed by atoms with Crippen LogP contribution in [-0.4, -0.2) is 40.3 Å². The van der Waals surface area contributed by atoms with Gasteiger partial charge in [0.15, 0.2) is 8.32 Å². The number of aryl methyl sites for hydroxylation is 1. The van der Waals surface area contributed by atoms with Crippen molar-refractivity contribution in [1.29, 1.82) is 0 Å². The lowest BCUT2D eigenvalue weighted by atomic mass is 10.2. The van der Waals surface area contributed by atoms with Crippen LogP contribution in [0.15, 0.2) is 47.0 Å². The van der Waals surface area contributed by atoms with E-state index in [-0.39, 0.29) is 17.1 Å². The van der Waals surface area contributed by atoms with Gasteiger partial charge in [-0.25, -0.2) is 9.48 Å². The number of furan rings is 1. The molecule has 3 aromatic rings. The zero-order valence-corrected chi connectivity index (χ0v) is 23.4. The number of nitrogens with one attached hydrogen (secondary N) is 1. The third-order valence-electron chi connectivity index (χ3n) is 7.46. The van der Waals surface area contributed by atoms with Crippen LogP contribution >= 0.6 is 0 Å². The van der Waals surface area contributed by atoms with Crippen LogP contribution in [0.2, 0.25) is 18.1 Å². The van der Waals surface area contributed by atoms with E-state index in [0.29, 0.717) is 13.2 Å². The number of amides is 2. The van der Waals surface area contributed by atoms with E-state index in [0.717, 1.165) is 54.3 Å². The highest BCUT2D eigenvalue weighted by Gasteiger charge is 2.37. The van der Waals surface area contributed by atoms with Crippen LogP contribution in [0.1, 0.15) is 63.7 Å². The molecule has 1 N–H and O–H groups in total. The Kier molecular flexibility index (Phi) is 7.70. The molecule has 1 aromatic carbocycles. The molecule has 194 valence electrons. The fraction of sp³-hybridized carbons (Fsp3) is 0.519. The van der Waals surface area contributed by atoms with E-state index in [9.17, 15) is 4.79 Å². The second-order valence-electron chi connectivity index (χ2n) is 11.3.